The van der Waals surface area contributed by atoms with Gasteiger partial charge in [0.15, 0.2) is 4.90 Å². The molecule has 0 aliphatic heterocycles. The SMILES string of the molecule is COc1ncc(NC(=O)c2cccc(C3CCCC3=O)c2)cc1S(=O)(=O)Nc1ccc(Cl)cc1. The number of carbonyl (C=O) groups is 2. The Kier molecular flexibility index (Phi) is 6.85. The molecular formula is C24H22ClN3O5S. The average molecular weight is 500 g/mol. The van der Waals surface area contributed by atoms with Gasteiger partial charge < -0.3 is 10.1 Å². The van der Waals surface area contributed by atoms with E-state index in [1.807, 2.05) is 6.07 Å². The third kappa shape index (κ3) is 5.21. The molecule has 0 saturated heterocycles. The molecule has 1 saturated carbocycles. The number of benzene rings is 2. The molecule has 0 spiro atoms. The smallest absolute Gasteiger partial charge is 0.267 e. The van der Waals surface area contributed by atoms with Crippen LogP contribution in [0.25, 0.3) is 0 Å². The van der Waals surface area contributed by atoms with Crippen LogP contribution in [-0.4, -0.2) is 32.2 Å². The molecule has 3 aromatic rings. The predicted molar refractivity (Wildman–Crippen MR) is 129 cm³/mol. The number of carbonyl (C=O) groups excluding carboxylic acids is 2. The Morgan fingerprint density at radius 2 is 1.88 bits per heavy atom. The summed E-state index contributed by atoms with van der Waals surface area (Å²) in [5.41, 5.74) is 1.64. The van der Waals surface area contributed by atoms with Crippen LogP contribution in [0.15, 0.2) is 65.7 Å². The van der Waals surface area contributed by atoms with Crippen molar-refractivity contribution in [2.75, 3.05) is 17.1 Å². The summed E-state index contributed by atoms with van der Waals surface area (Å²) in [5.74, 6) is -0.583. The minimum absolute atomic E-state index is 0.124. The van der Waals surface area contributed by atoms with E-state index >= 15 is 0 Å². The lowest BCUT2D eigenvalue weighted by atomic mass is 9.95. The summed E-state index contributed by atoms with van der Waals surface area (Å²) >= 11 is 5.86. The molecule has 1 atom stereocenters. The second kappa shape index (κ2) is 9.82. The Morgan fingerprint density at radius 3 is 2.56 bits per heavy atom. The Labute approximate surface area is 202 Å². The van der Waals surface area contributed by atoms with Gasteiger partial charge in [-0.3, -0.25) is 14.3 Å². The number of rotatable bonds is 7. The van der Waals surface area contributed by atoms with E-state index in [9.17, 15) is 18.0 Å². The second-order valence-corrected chi connectivity index (χ2v) is 9.92. The molecule has 2 aromatic carbocycles. The fourth-order valence-corrected chi connectivity index (χ4v) is 5.17. The molecule has 4 rings (SSSR count). The molecule has 0 bridgehead atoms. The van der Waals surface area contributed by atoms with Crippen LogP contribution in [0, 0.1) is 0 Å². The van der Waals surface area contributed by atoms with Crippen LogP contribution in [0.3, 0.4) is 0 Å². The molecule has 1 aromatic heterocycles. The number of sulfonamides is 1. The molecule has 1 unspecified atom stereocenters. The molecule has 8 nitrogen and oxygen atoms in total. The summed E-state index contributed by atoms with van der Waals surface area (Å²) in [6.07, 6.45) is 3.48. The van der Waals surface area contributed by atoms with Crippen molar-refractivity contribution >= 4 is 44.7 Å². The summed E-state index contributed by atoms with van der Waals surface area (Å²) in [6, 6.07) is 14.3. The van der Waals surface area contributed by atoms with Crippen molar-refractivity contribution in [3.05, 3.63) is 76.9 Å². The quantitative estimate of drug-likeness (QED) is 0.489. The zero-order chi connectivity index (χ0) is 24.3. The fourth-order valence-electron chi connectivity index (χ4n) is 3.84. The van der Waals surface area contributed by atoms with E-state index in [0.717, 1.165) is 18.4 Å². The Morgan fingerprint density at radius 1 is 1.12 bits per heavy atom. The maximum atomic E-state index is 13.0. The largest absolute Gasteiger partial charge is 0.480 e. The lowest BCUT2D eigenvalue weighted by molar-refractivity contribution is -0.118. The third-order valence-electron chi connectivity index (χ3n) is 5.51. The van der Waals surface area contributed by atoms with Crippen molar-refractivity contribution in [1.82, 2.24) is 4.98 Å². The minimum Gasteiger partial charge on any atom is -0.480 e. The number of ether oxygens (including phenoxy) is 1. The number of anilines is 2. The average Bonchev–Trinajstić information content (AvgIpc) is 3.26. The second-order valence-electron chi connectivity index (χ2n) is 7.83. The van der Waals surface area contributed by atoms with Crippen molar-refractivity contribution < 1.29 is 22.7 Å². The zero-order valence-electron chi connectivity index (χ0n) is 18.2. The Bertz CT molecular complexity index is 1340. The van der Waals surface area contributed by atoms with E-state index in [1.54, 1.807) is 30.3 Å². The first kappa shape index (κ1) is 23.7. The van der Waals surface area contributed by atoms with Crippen LogP contribution in [-0.2, 0) is 14.8 Å². The van der Waals surface area contributed by atoms with Gasteiger partial charge in [-0.05, 0) is 60.9 Å². The number of hydrogen-bond donors (Lipinski definition) is 2. The third-order valence-corrected chi connectivity index (χ3v) is 7.14. The van der Waals surface area contributed by atoms with Crippen LogP contribution in [0.1, 0.15) is 41.1 Å². The van der Waals surface area contributed by atoms with E-state index in [-0.39, 0.29) is 28.2 Å². The van der Waals surface area contributed by atoms with Gasteiger partial charge in [-0.15, -0.1) is 0 Å². The molecule has 0 radical (unpaired) electrons. The Balaban J connectivity index is 1.57. The van der Waals surface area contributed by atoms with Crippen LogP contribution in [0.4, 0.5) is 11.4 Å². The molecule has 1 amide bonds. The molecule has 2 N–H and O–H groups in total. The van der Waals surface area contributed by atoms with Gasteiger partial charge in [0.05, 0.1) is 19.0 Å². The number of methoxy groups -OCH3 is 1. The highest BCUT2D eigenvalue weighted by atomic mass is 35.5. The number of Topliss-reactive ketones (excluding diaryl/α,β-unsaturated/α-hetero) is 1. The van der Waals surface area contributed by atoms with Crippen molar-refractivity contribution in [2.45, 2.75) is 30.1 Å². The molecule has 176 valence electrons. The number of aromatic nitrogens is 1. The topological polar surface area (TPSA) is 114 Å². The van der Waals surface area contributed by atoms with Crippen LogP contribution >= 0.6 is 11.6 Å². The lowest BCUT2D eigenvalue weighted by Crippen LogP contribution is -2.17. The van der Waals surface area contributed by atoms with E-state index in [4.69, 9.17) is 16.3 Å². The summed E-state index contributed by atoms with van der Waals surface area (Å²) in [4.78, 5) is 28.8. The van der Waals surface area contributed by atoms with Crippen LogP contribution in [0.5, 0.6) is 5.88 Å². The number of nitrogens with one attached hydrogen (secondary N) is 2. The van der Waals surface area contributed by atoms with Crippen molar-refractivity contribution in [1.29, 1.82) is 0 Å². The van der Waals surface area contributed by atoms with E-state index in [1.165, 1.54) is 31.5 Å². The van der Waals surface area contributed by atoms with Gasteiger partial charge in [-0.1, -0.05) is 23.7 Å². The van der Waals surface area contributed by atoms with Crippen LogP contribution < -0.4 is 14.8 Å². The molecule has 1 aliphatic carbocycles. The molecule has 34 heavy (non-hydrogen) atoms. The van der Waals surface area contributed by atoms with Crippen molar-refractivity contribution in [3.8, 4) is 5.88 Å². The molecular weight excluding hydrogens is 478 g/mol. The van der Waals surface area contributed by atoms with Gasteiger partial charge in [-0.2, -0.15) is 0 Å². The van der Waals surface area contributed by atoms with Crippen molar-refractivity contribution in [3.63, 3.8) is 0 Å². The number of pyridine rings is 1. The minimum atomic E-state index is -4.09. The van der Waals surface area contributed by atoms with Gasteiger partial charge in [0.2, 0.25) is 5.88 Å². The number of amides is 1. The van der Waals surface area contributed by atoms with E-state index in [2.05, 4.69) is 15.0 Å². The normalized spacial score (nSPS) is 15.7. The van der Waals surface area contributed by atoms with E-state index < -0.39 is 15.9 Å². The number of halogens is 1. The molecule has 1 fully saturated rings. The first-order valence-corrected chi connectivity index (χ1v) is 12.4. The summed E-state index contributed by atoms with van der Waals surface area (Å²) in [6.45, 7) is 0. The number of nitrogens with zero attached hydrogens (tertiary/aromatic N) is 1. The van der Waals surface area contributed by atoms with Gasteiger partial charge in [0, 0.05) is 28.6 Å². The van der Waals surface area contributed by atoms with Gasteiger partial charge >= 0.3 is 0 Å². The summed E-state index contributed by atoms with van der Waals surface area (Å²) in [5, 5.41) is 3.14. The molecule has 1 heterocycles. The number of ketones is 1. The van der Waals surface area contributed by atoms with Crippen molar-refractivity contribution in [2.24, 2.45) is 0 Å². The predicted octanol–water partition coefficient (Wildman–Crippen LogP) is 4.63. The van der Waals surface area contributed by atoms with Gasteiger partial charge in [0.25, 0.3) is 15.9 Å². The van der Waals surface area contributed by atoms with Gasteiger partial charge in [0.1, 0.15) is 5.78 Å². The molecule has 1 aliphatic rings. The highest BCUT2D eigenvalue weighted by Gasteiger charge is 2.27. The standard InChI is InChI=1S/C24H22ClN3O5S/c1-33-24-22(34(31,32)28-18-10-8-17(25)9-11-18)13-19(14-26-24)27-23(30)16-5-2-4-15(12-16)20-6-3-7-21(20)29/h2,4-5,8-14,20,28H,3,6-7H2,1H3,(H,27,30). The zero-order valence-corrected chi connectivity index (χ0v) is 19.8. The fraction of sp³-hybridized carbons (Fsp3) is 0.208. The highest BCUT2D eigenvalue weighted by molar-refractivity contribution is 7.92. The maximum absolute atomic E-state index is 13.0. The maximum Gasteiger partial charge on any atom is 0.267 e. The summed E-state index contributed by atoms with van der Waals surface area (Å²) in [7, 11) is -2.78. The first-order valence-electron chi connectivity index (χ1n) is 10.5. The monoisotopic (exact) mass is 499 g/mol. The molecule has 10 heteroatoms. The van der Waals surface area contributed by atoms with E-state index in [0.29, 0.717) is 22.7 Å². The number of hydrogen-bond acceptors (Lipinski definition) is 6. The van der Waals surface area contributed by atoms with Gasteiger partial charge in [-0.25, -0.2) is 13.4 Å². The Hall–Kier alpha value is -3.43. The van der Waals surface area contributed by atoms with Crippen LogP contribution in [0.2, 0.25) is 5.02 Å². The summed E-state index contributed by atoms with van der Waals surface area (Å²) < 4.78 is 33.5. The lowest BCUT2D eigenvalue weighted by Gasteiger charge is -2.13. The first-order chi connectivity index (χ1) is 16.3. The highest BCUT2D eigenvalue weighted by Crippen LogP contribution is 2.32.